The summed E-state index contributed by atoms with van der Waals surface area (Å²) in [5.74, 6) is 0. The van der Waals surface area contributed by atoms with Crippen molar-refractivity contribution in [3.05, 3.63) is 0 Å². The molecule has 0 bridgehead atoms. The number of aliphatic hydroxyl groups excluding tert-OH is 1. The summed E-state index contributed by atoms with van der Waals surface area (Å²) in [4.78, 5) is 0. The van der Waals surface area contributed by atoms with Crippen molar-refractivity contribution in [1.82, 2.24) is 10.0 Å². The van der Waals surface area contributed by atoms with Crippen LogP contribution in [0.2, 0.25) is 0 Å². The highest BCUT2D eigenvalue weighted by atomic mass is 32.2. The molecule has 3 N–H and O–H groups in total. The Labute approximate surface area is 104 Å². The van der Waals surface area contributed by atoms with E-state index in [0.29, 0.717) is 13.1 Å². The van der Waals surface area contributed by atoms with E-state index < -0.39 is 10.0 Å². The third-order valence-corrected chi connectivity index (χ3v) is 4.14. The Kier molecular flexibility index (Phi) is 5.85. The molecule has 17 heavy (non-hydrogen) atoms. The van der Waals surface area contributed by atoms with Gasteiger partial charge < -0.3 is 10.4 Å². The molecule has 1 aliphatic carbocycles. The Morgan fingerprint density at radius 1 is 1.18 bits per heavy atom. The van der Waals surface area contributed by atoms with Crippen LogP contribution >= 0.6 is 0 Å². The lowest BCUT2D eigenvalue weighted by molar-refractivity contribution is 0.0817. The van der Waals surface area contributed by atoms with E-state index in [1.54, 1.807) is 0 Å². The molecule has 102 valence electrons. The van der Waals surface area contributed by atoms with Crippen LogP contribution in [0.4, 0.5) is 0 Å². The molecule has 0 unspecified atom stereocenters. The van der Waals surface area contributed by atoms with E-state index in [1.807, 2.05) is 0 Å². The zero-order valence-electron chi connectivity index (χ0n) is 10.5. The molecule has 0 aliphatic heterocycles. The second-order valence-electron chi connectivity index (χ2n) is 5.06. The highest BCUT2D eigenvalue weighted by molar-refractivity contribution is 7.88. The Morgan fingerprint density at radius 3 is 2.35 bits per heavy atom. The summed E-state index contributed by atoms with van der Waals surface area (Å²) in [5.41, 5.74) is 0.0172. The van der Waals surface area contributed by atoms with Gasteiger partial charge in [-0.25, -0.2) is 13.1 Å². The van der Waals surface area contributed by atoms with Crippen LogP contribution in [-0.4, -0.2) is 46.0 Å². The smallest absolute Gasteiger partial charge is 0.208 e. The highest BCUT2D eigenvalue weighted by Gasteiger charge is 2.30. The fourth-order valence-electron chi connectivity index (χ4n) is 2.37. The van der Waals surface area contributed by atoms with Crippen molar-refractivity contribution < 1.29 is 13.5 Å². The molecule has 0 aromatic rings. The Hall–Kier alpha value is -0.170. The van der Waals surface area contributed by atoms with E-state index >= 15 is 0 Å². The average Bonchev–Trinajstić information content (AvgIpc) is 2.28. The number of sulfonamides is 1. The molecule has 1 saturated carbocycles. The average molecular weight is 264 g/mol. The number of nitrogens with one attached hydrogen (secondary N) is 2. The maximum absolute atomic E-state index is 10.8. The first-order valence-electron chi connectivity index (χ1n) is 6.24. The van der Waals surface area contributed by atoms with Crippen LogP contribution in [0.1, 0.15) is 32.1 Å². The molecule has 5 nitrogen and oxygen atoms in total. The van der Waals surface area contributed by atoms with Crippen molar-refractivity contribution in [1.29, 1.82) is 0 Å². The molecule has 0 saturated heterocycles. The first kappa shape index (κ1) is 14.9. The first-order valence-corrected chi connectivity index (χ1v) is 8.13. The standard InChI is InChI=1S/C11H24N2O3S/c1-17(15,16)13-8-7-12-9-11(10-14)5-3-2-4-6-11/h12-14H,2-10H2,1H3. The van der Waals surface area contributed by atoms with Gasteiger partial charge in [-0.2, -0.15) is 0 Å². The number of rotatable bonds is 7. The SMILES string of the molecule is CS(=O)(=O)NCCNCC1(CO)CCCCC1. The van der Waals surface area contributed by atoms with Gasteiger partial charge in [0.1, 0.15) is 0 Å². The van der Waals surface area contributed by atoms with Gasteiger partial charge in [0, 0.05) is 31.7 Å². The topological polar surface area (TPSA) is 78.4 Å². The van der Waals surface area contributed by atoms with Crippen molar-refractivity contribution >= 4 is 10.0 Å². The van der Waals surface area contributed by atoms with Crippen LogP contribution < -0.4 is 10.0 Å². The Bertz CT molecular complexity index is 311. The quantitative estimate of drug-likeness (QED) is 0.569. The maximum Gasteiger partial charge on any atom is 0.208 e. The van der Waals surface area contributed by atoms with E-state index in [0.717, 1.165) is 25.6 Å². The third kappa shape index (κ3) is 5.81. The summed E-state index contributed by atoms with van der Waals surface area (Å²) >= 11 is 0. The van der Waals surface area contributed by atoms with Gasteiger partial charge in [0.2, 0.25) is 10.0 Å². The van der Waals surface area contributed by atoms with Crippen molar-refractivity contribution in [3.8, 4) is 0 Å². The molecule has 1 fully saturated rings. The minimum Gasteiger partial charge on any atom is -0.396 e. The number of hydrogen-bond acceptors (Lipinski definition) is 4. The van der Waals surface area contributed by atoms with Crippen LogP contribution in [0, 0.1) is 5.41 Å². The zero-order valence-corrected chi connectivity index (χ0v) is 11.4. The molecular formula is C11H24N2O3S. The molecule has 0 radical (unpaired) electrons. The Morgan fingerprint density at radius 2 is 1.82 bits per heavy atom. The van der Waals surface area contributed by atoms with Crippen LogP contribution in [0.5, 0.6) is 0 Å². The predicted molar refractivity (Wildman–Crippen MR) is 68.3 cm³/mol. The number of aliphatic hydroxyl groups is 1. The Balaban J connectivity index is 2.20. The van der Waals surface area contributed by atoms with E-state index in [4.69, 9.17) is 0 Å². The molecule has 0 heterocycles. The fourth-order valence-corrected chi connectivity index (χ4v) is 2.84. The van der Waals surface area contributed by atoms with Gasteiger partial charge >= 0.3 is 0 Å². The minimum atomic E-state index is -3.09. The zero-order chi connectivity index (χ0) is 12.8. The van der Waals surface area contributed by atoms with Crippen LogP contribution in [-0.2, 0) is 10.0 Å². The highest BCUT2D eigenvalue weighted by Crippen LogP contribution is 2.34. The predicted octanol–water partition coefficient (Wildman–Crippen LogP) is 0.0680. The summed E-state index contributed by atoms with van der Waals surface area (Å²) in [6.45, 7) is 2.00. The van der Waals surface area contributed by atoms with Gasteiger partial charge in [0.25, 0.3) is 0 Å². The molecule has 0 atom stereocenters. The van der Waals surface area contributed by atoms with Crippen molar-refractivity contribution in [3.63, 3.8) is 0 Å². The third-order valence-electron chi connectivity index (χ3n) is 3.42. The van der Waals surface area contributed by atoms with E-state index in [-0.39, 0.29) is 12.0 Å². The molecule has 0 amide bonds. The molecule has 6 heteroatoms. The molecular weight excluding hydrogens is 240 g/mol. The lowest BCUT2D eigenvalue weighted by Gasteiger charge is -2.35. The fraction of sp³-hybridized carbons (Fsp3) is 1.00. The molecule has 0 aromatic carbocycles. The summed E-state index contributed by atoms with van der Waals surface area (Å²) in [5, 5.41) is 12.7. The van der Waals surface area contributed by atoms with E-state index in [9.17, 15) is 13.5 Å². The normalized spacial score (nSPS) is 20.4. The van der Waals surface area contributed by atoms with Crippen molar-refractivity contribution in [2.24, 2.45) is 5.41 Å². The van der Waals surface area contributed by atoms with E-state index in [2.05, 4.69) is 10.0 Å². The van der Waals surface area contributed by atoms with Crippen LogP contribution in [0.15, 0.2) is 0 Å². The summed E-state index contributed by atoms with van der Waals surface area (Å²) in [6.07, 6.45) is 6.92. The van der Waals surface area contributed by atoms with Crippen LogP contribution in [0.25, 0.3) is 0 Å². The van der Waals surface area contributed by atoms with Gasteiger partial charge in [-0.1, -0.05) is 19.3 Å². The summed E-state index contributed by atoms with van der Waals surface area (Å²) < 4.78 is 24.1. The molecule has 0 aromatic heterocycles. The van der Waals surface area contributed by atoms with Gasteiger partial charge in [-0.15, -0.1) is 0 Å². The lowest BCUT2D eigenvalue weighted by Crippen LogP contribution is -2.41. The minimum absolute atomic E-state index is 0.0172. The van der Waals surface area contributed by atoms with E-state index in [1.165, 1.54) is 19.3 Å². The number of hydrogen-bond donors (Lipinski definition) is 3. The van der Waals surface area contributed by atoms with Crippen molar-refractivity contribution in [2.45, 2.75) is 32.1 Å². The van der Waals surface area contributed by atoms with Gasteiger partial charge in [0.05, 0.1) is 6.26 Å². The first-order chi connectivity index (χ1) is 7.97. The second-order valence-corrected chi connectivity index (χ2v) is 6.90. The van der Waals surface area contributed by atoms with Gasteiger partial charge in [-0.3, -0.25) is 0 Å². The van der Waals surface area contributed by atoms with Gasteiger partial charge in [-0.05, 0) is 12.8 Å². The second kappa shape index (κ2) is 6.68. The molecule has 1 aliphatic rings. The van der Waals surface area contributed by atoms with Gasteiger partial charge in [0.15, 0.2) is 0 Å². The largest absolute Gasteiger partial charge is 0.396 e. The molecule has 1 rings (SSSR count). The monoisotopic (exact) mass is 264 g/mol. The summed E-state index contributed by atoms with van der Waals surface area (Å²) in [7, 11) is -3.09. The lowest BCUT2D eigenvalue weighted by atomic mass is 9.74. The molecule has 0 spiro atoms. The maximum atomic E-state index is 10.8. The van der Waals surface area contributed by atoms with Crippen molar-refractivity contribution in [2.75, 3.05) is 32.5 Å². The van der Waals surface area contributed by atoms with Crippen LogP contribution in [0.3, 0.4) is 0 Å². The summed E-state index contributed by atoms with van der Waals surface area (Å²) in [6, 6.07) is 0.